The molecule has 1 aromatic carbocycles. The summed E-state index contributed by atoms with van der Waals surface area (Å²) in [5.41, 5.74) is 2.07. The third-order valence-electron chi connectivity index (χ3n) is 5.74. The van der Waals surface area contributed by atoms with E-state index in [4.69, 9.17) is 0 Å². The van der Waals surface area contributed by atoms with Crippen molar-refractivity contribution in [2.45, 2.75) is 51.5 Å². The van der Waals surface area contributed by atoms with Crippen molar-refractivity contribution in [2.24, 2.45) is 5.92 Å². The number of pyridine rings is 1. The Balaban J connectivity index is 1.55. The lowest BCUT2D eigenvalue weighted by Gasteiger charge is -2.34. The lowest BCUT2D eigenvalue weighted by molar-refractivity contribution is -0.132. The zero-order chi connectivity index (χ0) is 20.8. The summed E-state index contributed by atoms with van der Waals surface area (Å²) in [5, 5.41) is 2.95. The first kappa shape index (κ1) is 21.5. The molecule has 0 bridgehead atoms. The maximum atomic E-state index is 12.6. The predicted molar refractivity (Wildman–Crippen MR) is 119 cm³/mol. The highest BCUT2D eigenvalue weighted by atomic mass is 79.9. The van der Waals surface area contributed by atoms with Gasteiger partial charge < -0.3 is 10.2 Å². The van der Waals surface area contributed by atoms with Crippen molar-refractivity contribution in [1.29, 1.82) is 0 Å². The van der Waals surface area contributed by atoms with Gasteiger partial charge in [-0.2, -0.15) is 0 Å². The van der Waals surface area contributed by atoms with E-state index in [0.29, 0.717) is 30.6 Å². The van der Waals surface area contributed by atoms with Gasteiger partial charge in [0.25, 0.3) is 0 Å². The van der Waals surface area contributed by atoms with Crippen LogP contribution < -0.4 is 5.32 Å². The Morgan fingerprint density at radius 3 is 2.52 bits per heavy atom. The number of amides is 2. The Labute approximate surface area is 181 Å². The molecule has 3 rings (SSSR count). The summed E-state index contributed by atoms with van der Waals surface area (Å²) in [6, 6.07) is 12.2. The van der Waals surface area contributed by atoms with Gasteiger partial charge in [-0.1, -0.05) is 37.3 Å². The Hall–Kier alpha value is -2.21. The fourth-order valence-electron chi connectivity index (χ4n) is 3.99. The van der Waals surface area contributed by atoms with Crippen LogP contribution in [0.15, 0.2) is 47.1 Å². The number of carbonyl (C=O) groups is 2. The standard InChI is InChI=1S/C23H28BrN3O2/c1-3-23(29)27(2)18-11-9-16(10-12-18)13-22(28)26-21-14-19(20(24)15-25-21)17-7-5-4-6-8-17/h4-8,14-16,18H,3,9-13H2,1-2H3,(H,25,26,28). The van der Waals surface area contributed by atoms with Gasteiger partial charge in [0.15, 0.2) is 0 Å². The van der Waals surface area contributed by atoms with E-state index in [9.17, 15) is 9.59 Å². The zero-order valence-corrected chi connectivity index (χ0v) is 18.6. The van der Waals surface area contributed by atoms with E-state index < -0.39 is 0 Å². The maximum Gasteiger partial charge on any atom is 0.225 e. The lowest BCUT2D eigenvalue weighted by Crippen LogP contribution is -2.39. The predicted octanol–water partition coefficient (Wildman–Crippen LogP) is 5.27. The highest BCUT2D eigenvalue weighted by Crippen LogP contribution is 2.31. The van der Waals surface area contributed by atoms with Crippen molar-refractivity contribution in [1.82, 2.24) is 9.88 Å². The van der Waals surface area contributed by atoms with Crippen LogP contribution in [0.5, 0.6) is 0 Å². The largest absolute Gasteiger partial charge is 0.343 e. The molecule has 1 aromatic heterocycles. The van der Waals surface area contributed by atoms with Gasteiger partial charge in [-0.15, -0.1) is 0 Å². The second kappa shape index (κ2) is 10.0. The van der Waals surface area contributed by atoms with E-state index >= 15 is 0 Å². The number of rotatable bonds is 6. The summed E-state index contributed by atoms with van der Waals surface area (Å²) in [5.74, 6) is 1.13. The Bertz CT molecular complexity index is 848. The third-order valence-corrected chi connectivity index (χ3v) is 6.37. The average molecular weight is 458 g/mol. The van der Waals surface area contributed by atoms with Crippen molar-refractivity contribution < 1.29 is 9.59 Å². The van der Waals surface area contributed by atoms with Crippen LogP contribution in [0.4, 0.5) is 5.82 Å². The van der Waals surface area contributed by atoms with Crippen molar-refractivity contribution in [3.8, 4) is 11.1 Å². The van der Waals surface area contributed by atoms with Crippen LogP contribution in [0.1, 0.15) is 45.4 Å². The van der Waals surface area contributed by atoms with Gasteiger partial charge in [-0.05, 0) is 59.2 Å². The van der Waals surface area contributed by atoms with Gasteiger partial charge in [0.1, 0.15) is 5.82 Å². The second-order valence-electron chi connectivity index (χ2n) is 7.70. The number of anilines is 1. The first-order chi connectivity index (χ1) is 14.0. The molecule has 0 radical (unpaired) electrons. The van der Waals surface area contributed by atoms with Gasteiger partial charge in [-0.25, -0.2) is 4.98 Å². The van der Waals surface area contributed by atoms with Crippen molar-refractivity contribution >= 4 is 33.6 Å². The van der Waals surface area contributed by atoms with Crippen LogP contribution in [0, 0.1) is 5.92 Å². The molecular weight excluding hydrogens is 430 g/mol. The molecule has 1 N–H and O–H groups in total. The fourth-order valence-corrected chi connectivity index (χ4v) is 4.44. The smallest absolute Gasteiger partial charge is 0.225 e. The Kier molecular flexibility index (Phi) is 7.42. The second-order valence-corrected chi connectivity index (χ2v) is 8.55. The molecular formula is C23H28BrN3O2. The molecule has 1 aliphatic carbocycles. The minimum Gasteiger partial charge on any atom is -0.343 e. The summed E-state index contributed by atoms with van der Waals surface area (Å²) in [4.78, 5) is 30.7. The van der Waals surface area contributed by atoms with E-state index in [-0.39, 0.29) is 11.8 Å². The minimum atomic E-state index is 0.000253. The molecule has 154 valence electrons. The number of carbonyl (C=O) groups excluding carboxylic acids is 2. The summed E-state index contributed by atoms with van der Waals surface area (Å²) < 4.78 is 0.894. The van der Waals surface area contributed by atoms with Crippen molar-refractivity contribution in [3.05, 3.63) is 47.1 Å². The van der Waals surface area contributed by atoms with E-state index in [0.717, 1.165) is 41.3 Å². The summed E-state index contributed by atoms with van der Waals surface area (Å²) in [7, 11) is 1.90. The van der Waals surface area contributed by atoms with Gasteiger partial charge in [0.2, 0.25) is 11.8 Å². The normalized spacial score (nSPS) is 18.9. The van der Waals surface area contributed by atoms with Crippen LogP contribution in [0.2, 0.25) is 0 Å². The van der Waals surface area contributed by atoms with Crippen LogP contribution in [-0.4, -0.2) is 34.8 Å². The average Bonchev–Trinajstić information content (AvgIpc) is 2.75. The van der Waals surface area contributed by atoms with Gasteiger partial charge in [-0.3, -0.25) is 9.59 Å². The Morgan fingerprint density at radius 2 is 1.86 bits per heavy atom. The van der Waals surface area contributed by atoms with Crippen LogP contribution in [0.25, 0.3) is 11.1 Å². The molecule has 0 unspecified atom stereocenters. The van der Waals surface area contributed by atoms with Crippen molar-refractivity contribution in [2.75, 3.05) is 12.4 Å². The molecule has 2 aromatic rings. The summed E-state index contributed by atoms with van der Waals surface area (Å²) in [6.07, 6.45) is 6.65. The first-order valence-electron chi connectivity index (χ1n) is 10.2. The molecule has 5 nitrogen and oxygen atoms in total. The molecule has 0 saturated heterocycles. The van der Waals surface area contributed by atoms with Crippen LogP contribution in [-0.2, 0) is 9.59 Å². The third kappa shape index (κ3) is 5.66. The van der Waals surface area contributed by atoms with Crippen LogP contribution >= 0.6 is 15.9 Å². The molecule has 6 heteroatoms. The van der Waals surface area contributed by atoms with Gasteiger partial charge in [0.05, 0.1) is 0 Å². The highest BCUT2D eigenvalue weighted by molar-refractivity contribution is 9.10. The fraction of sp³-hybridized carbons (Fsp3) is 0.435. The number of aromatic nitrogens is 1. The van der Waals surface area contributed by atoms with Gasteiger partial charge >= 0.3 is 0 Å². The van der Waals surface area contributed by atoms with Gasteiger partial charge in [0, 0.05) is 42.2 Å². The number of hydrogen-bond acceptors (Lipinski definition) is 3. The maximum absolute atomic E-state index is 12.6. The number of hydrogen-bond donors (Lipinski definition) is 1. The number of nitrogens with one attached hydrogen (secondary N) is 1. The van der Waals surface area contributed by atoms with E-state index in [1.807, 2.05) is 55.3 Å². The molecule has 0 aliphatic heterocycles. The zero-order valence-electron chi connectivity index (χ0n) is 17.0. The number of nitrogens with zero attached hydrogens (tertiary/aromatic N) is 2. The quantitative estimate of drug-likeness (QED) is 0.642. The molecule has 0 spiro atoms. The molecule has 29 heavy (non-hydrogen) atoms. The first-order valence-corrected chi connectivity index (χ1v) is 11.0. The topological polar surface area (TPSA) is 62.3 Å². The summed E-state index contributed by atoms with van der Waals surface area (Å²) >= 11 is 3.54. The highest BCUT2D eigenvalue weighted by Gasteiger charge is 2.27. The van der Waals surface area contributed by atoms with E-state index in [1.54, 1.807) is 6.20 Å². The lowest BCUT2D eigenvalue weighted by atomic mass is 9.83. The summed E-state index contributed by atoms with van der Waals surface area (Å²) in [6.45, 7) is 1.90. The monoisotopic (exact) mass is 457 g/mol. The molecule has 1 heterocycles. The van der Waals surface area contributed by atoms with Crippen molar-refractivity contribution in [3.63, 3.8) is 0 Å². The number of halogens is 1. The molecule has 0 atom stereocenters. The SMILES string of the molecule is CCC(=O)N(C)C1CCC(CC(=O)Nc2cc(-c3ccccc3)c(Br)cn2)CC1. The minimum absolute atomic E-state index is 0.000253. The molecule has 1 aliphatic rings. The molecule has 1 saturated carbocycles. The molecule has 2 amide bonds. The number of benzene rings is 1. The van der Waals surface area contributed by atoms with E-state index in [1.165, 1.54) is 0 Å². The van der Waals surface area contributed by atoms with E-state index in [2.05, 4.69) is 26.2 Å². The molecule has 1 fully saturated rings. The van der Waals surface area contributed by atoms with Crippen LogP contribution in [0.3, 0.4) is 0 Å². The Morgan fingerprint density at radius 1 is 1.17 bits per heavy atom.